The van der Waals surface area contributed by atoms with Gasteiger partial charge in [-0.25, -0.2) is 4.98 Å². The minimum Gasteiger partial charge on any atom is -0.494 e. The third-order valence-electron chi connectivity index (χ3n) is 2.67. The van der Waals surface area contributed by atoms with Crippen LogP contribution in [0.4, 0.5) is 5.69 Å². The minimum absolute atomic E-state index is 0.0233. The van der Waals surface area contributed by atoms with Crippen molar-refractivity contribution in [3.05, 3.63) is 39.8 Å². The molecule has 19 heavy (non-hydrogen) atoms. The summed E-state index contributed by atoms with van der Waals surface area (Å²) in [5.41, 5.74) is 1.77. The van der Waals surface area contributed by atoms with E-state index in [-0.39, 0.29) is 6.61 Å². The van der Waals surface area contributed by atoms with E-state index in [1.54, 1.807) is 11.3 Å². The van der Waals surface area contributed by atoms with Gasteiger partial charge in [-0.3, -0.25) is 0 Å². The van der Waals surface area contributed by atoms with Crippen molar-refractivity contribution in [2.45, 2.75) is 27.0 Å². The van der Waals surface area contributed by atoms with Crippen LogP contribution in [-0.2, 0) is 13.2 Å². The summed E-state index contributed by atoms with van der Waals surface area (Å²) in [5.74, 6) is 0.740. The quantitative estimate of drug-likeness (QED) is 0.853. The van der Waals surface area contributed by atoms with E-state index in [1.807, 2.05) is 38.2 Å². The van der Waals surface area contributed by atoms with Crippen LogP contribution in [0.15, 0.2) is 24.4 Å². The fourth-order valence-electron chi connectivity index (χ4n) is 1.79. The van der Waals surface area contributed by atoms with E-state index in [0.717, 1.165) is 28.6 Å². The van der Waals surface area contributed by atoms with Crippen LogP contribution in [0, 0.1) is 6.92 Å². The highest BCUT2D eigenvalue weighted by Crippen LogP contribution is 2.23. The zero-order valence-corrected chi connectivity index (χ0v) is 12.0. The Morgan fingerprint density at radius 3 is 2.89 bits per heavy atom. The van der Waals surface area contributed by atoms with Gasteiger partial charge in [-0.05, 0) is 32.0 Å². The number of thiazole rings is 1. The summed E-state index contributed by atoms with van der Waals surface area (Å²) in [4.78, 5) is 5.41. The number of ether oxygens (including phenoxy) is 1. The molecule has 4 nitrogen and oxygen atoms in total. The molecule has 0 unspecified atom stereocenters. The summed E-state index contributed by atoms with van der Waals surface area (Å²) >= 11 is 1.68. The summed E-state index contributed by atoms with van der Waals surface area (Å²) in [6.45, 7) is 5.24. The Kier molecular flexibility index (Phi) is 4.76. The second-order valence-electron chi connectivity index (χ2n) is 4.11. The highest BCUT2D eigenvalue weighted by molar-refractivity contribution is 7.11. The lowest BCUT2D eigenvalue weighted by atomic mass is 10.2. The molecule has 0 spiro atoms. The number of hydrogen-bond acceptors (Lipinski definition) is 5. The number of aliphatic hydroxyl groups excluding tert-OH is 1. The van der Waals surface area contributed by atoms with Gasteiger partial charge in [0.05, 0.1) is 24.8 Å². The third-order valence-corrected chi connectivity index (χ3v) is 3.58. The van der Waals surface area contributed by atoms with Crippen LogP contribution < -0.4 is 10.1 Å². The van der Waals surface area contributed by atoms with Crippen molar-refractivity contribution < 1.29 is 9.84 Å². The fourth-order valence-corrected chi connectivity index (χ4v) is 2.52. The average molecular weight is 278 g/mol. The van der Waals surface area contributed by atoms with Gasteiger partial charge in [0.15, 0.2) is 0 Å². The van der Waals surface area contributed by atoms with E-state index in [9.17, 15) is 5.11 Å². The molecule has 0 saturated carbocycles. The lowest BCUT2D eigenvalue weighted by molar-refractivity contribution is 0.267. The van der Waals surface area contributed by atoms with E-state index >= 15 is 0 Å². The Bertz CT molecular complexity index is 540. The lowest BCUT2D eigenvalue weighted by Crippen LogP contribution is -2.01. The molecule has 1 heterocycles. The first-order chi connectivity index (χ1) is 9.22. The van der Waals surface area contributed by atoms with Crippen molar-refractivity contribution in [3.8, 4) is 5.75 Å². The zero-order valence-electron chi connectivity index (χ0n) is 11.1. The van der Waals surface area contributed by atoms with E-state index in [1.165, 1.54) is 4.88 Å². The highest BCUT2D eigenvalue weighted by Gasteiger charge is 2.04. The normalized spacial score (nSPS) is 10.5. The second-order valence-corrected chi connectivity index (χ2v) is 5.43. The number of aryl methyl sites for hydroxylation is 1. The number of aliphatic hydroxyl groups is 1. The maximum Gasteiger partial charge on any atom is 0.124 e. The predicted molar refractivity (Wildman–Crippen MR) is 77.7 cm³/mol. The molecule has 0 amide bonds. The number of hydrogen-bond donors (Lipinski definition) is 2. The van der Waals surface area contributed by atoms with Crippen LogP contribution in [0.2, 0.25) is 0 Å². The molecule has 102 valence electrons. The Labute approximate surface area is 117 Å². The topological polar surface area (TPSA) is 54.4 Å². The van der Waals surface area contributed by atoms with Crippen LogP contribution in [0.1, 0.15) is 22.4 Å². The van der Waals surface area contributed by atoms with Gasteiger partial charge in [-0.2, -0.15) is 0 Å². The molecule has 1 aromatic heterocycles. The number of aromatic nitrogens is 1. The maximum absolute atomic E-state index is 9.34. The first-order valence-electron chi connectivity index (χ1n) is 6.24. The average Bonchev–Trinajstić information content (AvgIpc) is 2.83. The molecule has 2 rings (SSSR count). The molecule has 0 aliphatic heterocycles. The number of anilines is 1. The molecule has 2 N–H and O–H groups in total. The summed E-state index contributed by atoms with van der Waals surface area (Å²) < 4.78 is 5.45. The van der Waals surface area contributed by atoms with Crippen LogP contribution in [0.25, 0.3) is 0 Å². The monoisotopic (exact) mass is 278 g/mol. The standard InChI is InChI=1S/C14H18N2O2S/c1-3-18-14-5-4-12(6-11(14)9-17)16-8-13-7-15-10(2)19-13/h4-7,16-17H,3,8-9H2,1-2H3. The molecule has 5 heteroatoms. The Balaban J connectivity index is 2.04. The molecule has 0 aliphatic carbocycles. The number of rotatable bonds is 6. The van der Waals surface area contributed by atoms with Crippen LogP contribution in [0.3, 0.4) is 0 Å². The van der Waals surface area contributed by atoms with Crippen LogP contribution >= 0.6 is 11.3 Å². The van der Waals surface area contributed by atoms with Crippen molar-refractivity contribution in [2.24, 2.45) is 0 Å². The van der Waals surface area contributed by atoms with Crippen molar-refractivity contribution in [1.29, 1.82) is 0 Å². The van der Waals surface area contributed by atoms with Gasteiger partial charge in [-0.1, -0.05) is 0 Å². The fraction of sp³-hybridized carbons (Fsp3) is 0.357. The Hall–Kier alpha value is -1.59. The second kappa shape index (κ2) is 6.54. The van der Waals surface area contributed by atoms with E-state index in [4.69, 9.17) is 4.74 Å². The van der Waals surface area contributed by atoms with Gasteiger partial charge in [0.2, 0.25) is 0 Å². The first-order valence-corrected chi connectivity index (χ1v) is 7.06. The van der Waals surface area contributed by atoms with Gasteiger partial charge in [0, 0.05) is 22.3 Å². The molecule has 0 atom stereocenters. The van der Waals surface area contributed by atoms with Crippen LogP contribution in [0.5, 0.6) is 5.75 Å². The van der Waals surface area contributed by atoms with Gasteiger partial charge < -0.3 is 15.2 Å². The minimum atomic E-state index is -0.0233. The Morgan fingerprint density at radius 2 is 2.26 bits per heavy atom. The zero-order chi connectivity index (χ0) is 13.7. The highest BCUT2D eigenvalue weighted by atomic mass is 32.1. The third kappa shape index (κ3) is 3.68. The lowest BCUT2D eigenvalue weighted by Gasteiger charge is -2.11. The van der Waals surface area contributed by atoms with Crippen molar-refractivity contribution in [3.63, 3.8) is 0 Å². The number of nitrogens with zero attached hydrogens (tertiary/aromatic N) is 1. The smallest absolute Gasteiger partial charge is 0.124 e. The van der Waals surface area contributed by atoms with Gasteiger partial charge >= 0.3 is 0 Å². The molecule has 0 fully saturated rings. The van der Waals surface area contributed by atoms with Crippen molar-refractivity contribution >= 4 is 17.0 Å². The number of nitrogens with one attached hydrogen (secondary N) is 1. The number of benzene rings is 1. The van der Waals surface area contributed by atoms with Crippen LogP contribution in [-0.4, -0.2) is 16.7 Å². The molecule has 0 saturated heterocycles. The van der Waals surface area contributed by atoms with E-state index in [2.05, 4.69) is 10.3 Å². The Morgan fingerprint density at radius 1 is 1.42 bits per heavy atom. The van der Waals surface area contributed by atoms with Gasteiger partial charge in [-0.15, -0.1) is 11.3 Å². The maximum atomic E-state index is 9.34. The van der Waals surface area contributed by atoms with Gasteiger partial charge in [0.25, 0.3) is 0 Å². The summed E-state index contributed by atoms with van der Waals surface area (Å²) in [6, 6.07) is 5.76. The molecule has 1 aromatic carbocycles. The summed E-state index contributed by atoms with van der Waals surface area (Å²) in [7, 11) is 0. The first kappa shape index (κ1) is 13.8. The summed E-state index contributed by atoms with van der Waals surface area (Å²) in [5, 5.41) is 13.7. The molecule has 0 aliphatic rings. The predicted octanol–water partition coefficient (Wildman–Crippen LogP) is 2.95. The van der Waals surface area contributed by atoms with Crippen molar-refractivity contribution in [2.75, 3.05) is 11.9 Å². The molecule has 0 bridgehead atoms. The molecular weight excluding hydrogens is 260 g/mol. The van der Waals surface area contributed by atoms with Gasteiger partial charge in [0.1, 0.15) is 5.75 Å². The molecule has 0 radical (unpaired) electrons. The van der Waals surface area contributed by atoms with E-state index < -0.39 is 0 Å². The van der Waals surface area contributed by atoms with Crippen molar-refractivity contribution in [1.82, 2.24) is 4.98 Å². The largest absolute Gasteiger partial charge is 0.494 e. The SMILES string of the molecule is CCOc1ccc(NCc2cnc(C)s2)cc1CO. The molecular formula is C14H18N2O2S. The molecule has 2 aromatic rings. The summed E-state index contributed by atoms with van der Waals surface area (Å²) in [6.07, 6.45) is 1.88. The van der Waals surface area contributed by atoms with E-state index in [0.29, 0.717) is 6.61 Å².